The van der Waals surface area contributed by atoms with Crippen LogP contribution in [0.3, 0.4) is 0 Å². The predicted octanol–water partition coefficient (Wildman–Crippen LogP) is 5.33. The van der Waals surface area contributed by atoms with Gasteiger partial charge in [-0.2, -0.15) is 0 Å². The van der Waals surface area contributed by atoms with Crippen LogP contribution in [-0.2, 0) is 9.53 Å². The smallest absolute Gasteiger partial charge is 0.313 e. The fourth-order valence-electron chi connectivity index (χ4n) is 2.07. The van der Waals surface area contributed by atoms with E-state index >= 15 is 0 Å². The summed E-state index contributed by atoms with van der Waals surface area (Å²) in [7, 11) is 0. The minimum absolute atomic E-state index is 0.219. The topological polar surface area (TPSA) is 26.3 Å². The van der Waals surface area contributed by atoms with Crippen LogP contribution in [0, 0.1) is 0 Å². The van der Waals surface area contributed by atoms with E-state index in [0.29, 0.717) is 16.7 Å². The van der Waals surface area contributed by atoms with Crippen LogP contribution in [0.2, 0.25) is 10.0 Å². The molecule has 0 spiro atoms. The molecule has 0 saturated heterocycles. The molecule has 0 saturated carbocycles. The molecule has 0 bridgehead atoms. The number of hydrogen-bond donors (Lipinski definition) is 0. The highest BCUT2D eigenvalue weighted by Gasteiger charge is 2.16. The number of halogens is 2. The zero-order valence-corrected chi connectivity index (χ0v) is 13.4. The number of benzene rings is 2. The average Bonchev–Trinajstić information content (AvgIpc) is 2.49. The lowest BCUT2D eigenvalue weighted by Gasteiger charge is -2.12. The van der Waals surface area contributed by atoms with Crippen molar-refractivity contribution in [3.05, 3.63) is 58.1 Å². The Morgan fingerprint density at radius 1 is 1.10 bits per heavy atom. The fraction of sp³-hybridized carbons (Fsp3) is 0.235. The van der Waals surface area contributed by atoms with Crippen LogP contribution in [-0.4, -0.2) is 12.6 Å². The van der Waals surface area contributed by atoms with E-state index in [2.05, 4.69) is 0 Å². The summed E-state index contributed by atoms with van der Waals surface area (Å²) in [4.78, 5) is 11.8. The molecule has 4 heteroatoms. The van der Waals surface area contributed by atoms with E-state index in [1.807, 2.05) is 43.3 Å². The van der Waals surface area contributed by atoms with Crippen molar-refractivity contribution in [1.82, 2.24) is 0 Å². The van der Waals surface area contributed by atoms with Gasteiger partial charge >= 0.3 is 5.97 Å². The molecule has 0 heterocycles. The Hall–Kier alpha value is -1.51. The van der Waals surface area contributed by atoms with E-state index in [-0.39, 0.29) is 11.9 Å². The lowest BCUT2D eigenvalue weighted by molar-refractivity contribution is -0.144. The Morgan fingerprint density at radius 3 is 2.48 bits per heavy atom. The van der Waals surface area contributed by atoms with Crippen LogP contribution < -0.4 is 0 Å². The third-order valence-corrected chi connectivity index (χ3v) is 4.02. The van der Waals surface area contributed by atoms with E-state index in [9.17, 15) is 4.79 Å². The molecule has 2 aromatic rings. The lowest BCUT2D eigenvalue weighted by atomic mass is 9.96. The highest BCUT2D eigenvalue weighted by Crippen LogP contribution is 2.30. The van der Waals surface area contributed by atoms with Gasteiger partial charge in [0, 0.05) is 0 Å². The Labute approximate surface area is 134 Å². The maximum absolute atomic E-state index is 11.8. The van der Waals surface area contributed by atoms with E-state index in [4.69, 9.17) is 27.9 Å². The summed E-state index contributed by atoms with van der Waals surface area (Å²) < 4.78 is 5.06. The van der Waals surface area contributed by atoms with Gasteiger partial charge in [-0.05, 0) is 42.7 Å². The van der Waals surface area contributed by atoms with Gasteiger partial charge in [-0.3, -0.25) is 4.79 Å². The van der Waals surface area contributed by atoms with E-state index in [1.165, 1.54) is 0 Å². The van der Waals surface area contributed by atoms with E-state index in [0.717, 1.165) is 16.7 Å². The molecule has 110 valence electrons. The highest BCUT2D eigenvalue weighted by molar-refractivity contribution is 6.42. The molecule has 0 aliphatic rings. The first-order valence-electron chi connectivity index (χ1n) is 6.75. The number of hydrogen-bond acceptors (Lipinski definition) is 2. The highest BCUT2D eigenvalue weighted by atomic mass is 35.5. The van der Waals surface area contributed by atoms with Crippen molar-refractivity contribution >= 4 is 29.2 Å². The van der Waals surface area contributed by atoms with Crippen LogP contribution in [0.25, 0.3) is 11.1 Å². The molecule has 0 radical (unpaired) electrons. The van der Waals surface area contributed by atoms with Gasteiger partial charge in [-0.1, -0.05) is 53.5 Å². The van der Waals surface area contributed by atoms with Crippen LogP contribution >= 0.6 is 23.2 Å². The van der Waals surface area contributed by atoms with Crippen molar-refractivity contribution in [3.8, 4) is 11.1 Å². The predicted molar refractivity (Wildman–Crippen MR) is 86.9 cm³/mol. The SMILES string of the molecule is CCOC(=O)[C@H](C)c1cccc(-c2ccc(Cl)c(Cl)c2)c1. The maximum atomic E-state index is 11.8. The summed E-state index contributed by atoms with van der Waals surface area (Å²) in [5.41, 5.74) is 2.86. The summed E-state index contributed by atoms with van der Waals surface area (Å²) in [5, 5.41) is 1.04. The summed E-state index contributed by atoms with van der Waals surface area (Å²) in [6.07, 6.45) is 0. The molecule has 0 aliphatic heterocycles. The summed E-state index contributed by atoms with van der Waals surface area (Å²) in [6.45, 7) is 4.03. The molecular weight excluding hydrogens is 307 g/mol. The second-order valence-corrected chi connectivity index (χ2v) is 5.54. The van der Waals surface area contributed by atoms with Crippen molar-refractivity contribution < 1.29 is 9.53 Å². The van der Waals surface area contributed by atoms with Crippen molar-refractivity contribution in [2.45, 2.75) is 19.8 Å². The number of carbonyl (C=O) groups excluding carboxylic acids is 1. The van der Waals surface area contributed by atoms with Crippen LogP contribution in [0.1, 0.15) is 25.3 Å². The van der Waals surface area contributed by atoms with E-state index in [1.54, 1.807) is 13.0 Å². The average molecular weight is 323 g/mol. The second kappa shape index (κ2) is 6.97. The molecule has 0 N–H and O–H groups in total. The Morgan fingerprint density at radius 2 is 1.81 bits per heavy atom. The largest absolute Gasteiger partial charge is 0.466 e. The minimum Gasteiger partial charge on any atom is -0.466 e. The van der Waals surface area contributed by atoms with Crippen LogP contribution in [0.15, 0.2) is 42.5 Å². The maximum Gasteiger partial charge on any atom is 0.313 e. The molecule has 0 amide bonds. The Bertz CT molecular complexity index is 653. The van der Waals surface area contributed by atoms with Gasteiger partial charge in [-0.15, -0.1) is 0 Å². The number of esters is 1. The summed E-state index contributed by atoms with van der Waals surface area (Å²) in [6, 6.07) is 13.3. The molecule has 0 aromatic heterocycles. The molecule has 0 aliphatic carbocycles. The second-order valence-electron chi connectivity index (χ2n) is 4.73. The van der Waals surface area contributed by atoms with Crippen molar-refractivity contribution in [1.29, 1.82) is 0 Å². The number of carbonyl (C=O) groups is 1. The summed E-state index contributed by atoms with van der Waals surface area (Å²) in [5.74, 6) is -0.517. The van der Waals surface area contributed by atoms with Crippen LogP contribution in [0.5, 0.6) is 0 Å². The molecule has 2 aromatic carbocycles. The Balaban J connectivity index is 2.33. The monoisotopic (exact) mass is 322 g/mol. The quantitative estimate of drug-likeness (QED) is 0.711. The molecule has 21 heavy (non-hydrogen) atoms. The first-order valence-corrected chi connectivity index (χ1v) is 7.50. The standard InChI is InChI=1S/C17H16Cl2O2/c1-3-21-17(20)11(2)12-5-4-6-13(9-12)14-7-8-15(18)16(19)10-14/h4-11H,3H2,1-2H3/t11-/m1/s1. The van der Waals surface area contributed by atoms with Gasteiger partial charge in [0.05, 0.1) is 22.6 Å². The third kappa shape index (κ3) is 3.78. The number of ether oxygens (including phenoxy) is 1. The molecule has 0 unspecified atom stereocenters. The van der Waals surface area contributed by atoms with Gasteiger partial charge < -0.3 is 4.74 Å². The molecule has 2 nitrogen and oxygen atoms in total. The van der Waals surface area contributed by atoms with Crippen LogP contribution in [0.4, 0.5) is 0 Å². The van der Waals surface area contributed by atoms with Crippen molar-refractivity contribution in [2.24, 2.45) is 0 Å². The minimum atomic E-state index is -0.298. The third-order valence-electron chi connectivity index (χ3n) is 3.28. The normalized spacial score (nSPS) is 12.0. The lowest BCUT2D eigenvalue weighted by Crippen LogP contribution is -2.12. The van der Waals surface area contributed by atoms with Gasteiger partial charge in [0.1, 0.15) is 0 Å². The van der Waals surface area contributed by atoms with E-state index < -0.39 is 0 Å². The summed E-state index contributed by atoms with van der Waals surface area (Å²) >= 11 is 12.0. The van der Waals surface area contributed by atoms with Gasteiger partial charge in [0.25, 0.3) is 0 Å². The van der Waals surface area contributed by atoms with Gasteiger partial charge in [0.15, 0.2) is 0 Å². The molecule has 1 atom stereocenters. The van der Waals surface area contributed by atoms with Gasteiger partial charge in [-0.25, -0.2) is 0 Å². The van der Waals surface area contributed by atoms with Crippen molar-refractivity contribution in [3.63, 3.8) is 0 Å². The zero-order valence-electron chi connectivity index (χ0n) is 11.9. The number of rotatable bonds is 4. The zero-order chi connectivity index (χ0) is 15.4. The fourth-order valence-corrected chi connectivity index (χ4v) is 2.36. The van der Waals surface area contributed by atoms with Crippen molar-refractivity contribution in [2.75, 3.05) is 6.61 Å². The first-order chi connectivity index (χ1) is 10.0. The molecular formula is C17H16Cl2O2. The molecule has 0 fully saturated rings. The Kier molecular flexibility index (Phi) is 5.27. The molecule has 2 rings (SSSR count). The first kappa shape index (κ1) is 15.9. The van der Waals surface area contributed by atoms with Gasteiger partial charge in [0.2, 0.25) is 0 Å².